The van der Waals surface area contributed by atoms with Gasteiger partial charge in [0.2, 0.25) is 5.91 Å². The number of carbonyl (C=O) groups is 1. The number of aromatic amines is 1. The Morgan fingerprint density at radius 2 is 2.20 bits per heavy atom. The van der Waals surface area contributed by atoms with E-state index in [1.807, 2.05) is 6.07 Å². The van der Waals surface area contributed by atoms with E-state index >= 15 is 0 Å². The van der Waals surface area contributed by atoms with Crippen LogP contribution in [0.5, 0.6) is 0 Å². The Kier molecular flexibility index (Phi) is 4.07. The molecule has 3 rings (SSSR count). The van der Waals surface area contributed by atoms with Crippen LogP contribution in [-0.2, 0) is 11.2 Å². The smallest absolute Gasteiger partial charge is 0.276 e. The monoisotopic (exact) mass is 339 g/mol. The largest absolute Gasteiger partial charge is 0.325 e. The molecule has 126 valence electrons. The van der Waals surface area contributed by atoms with Gasteiger partial charge >= 0.3 is 0 Å². The van der Waals surface area contributed by atoms with Crippen molar-refractivity contribution in [3.63, 3.8) is 0 Å². The molecule has 8 heteroatoms. The average molecular weight is 339 g/mol. The van der Waals surface area contributed by atoms with Gasteiger partial charge in [0.1, 0.15) is 17.4 Å². The minimum Gasteiger partial charge on any atom is -0.325 e. The molecule has 2 N–H and O–H groups in total. The van der Waals surface area contributed by atoms with Gasteiger partial charge in [-0.15, -0.1) is 0 Å². The molecule has 1 amide bonds. The lowest BCUT2D eigenvalue weighted by molar-refractivity contribution is -0.115. The maximum absolute atomic E-state index is 13.3. The molecule has 0 aliphatic rings. The zero-order valence-electron chi connectivity index (χ0n) is 13.6. The summed E-state index contributed by atoms with van der Waals surface area (Å²) < 4.78 is 14.4. The fourth-order valence-electron chi connectivity index (χ4n) is 2.53. The summed E-state index contributed by atoms with van der Waals surface area (Å²) in [5.74, 6) is -0.918. The van der Waals surface area contributed by atoms with Crippen molar-refractivity contribution >= 4 is 17.2 Å². The molecule has 2 heterocycles. The lowest BCUT2D eigenvalue weighted by atomic mass is 10.1. The van der Waals surface area contributed by atoms with Gasteiger partial charge in [-0.3, -0.25) is 14.7 Å². The van der Waals surface area contributed by atoms with E-state index in [4.69, 9.17) is 5.26 Å². The molecule has 2 aromatic heterocycles. The zero-order valence-corrected chi connectivity index (χ0v) is 13.6. The number of aryl methyl sites for hydroxylation is 2. The number of benzene rings is 1. The molecule has 0 spiro atoms. The molecule has 3 aromatic rings. The zero-order chi connectivity index (χ0) is 18.1. The van der Waals surface area contributed by atoms with Crippen LogP contribution < -0.4 is 10.9 Å². The molecule has 0 saturated carbocycles. The maximum atomic E-state index is 13.3. The van der Waals surface area contributed by atoms with Crippen LogP contribution in [0.1, 0.15) is 22.4 Å². The first-order valence-electron chi connectivity index (χ1n) is 7.46. The molecular formula is C17H14FN5O2. The second-order valence-corrected chi connectivity index (χ2v) is 5.62. The van der Waals surface area contributed by atoms with E-state index in [1.54, 1.807) is 19.9 Å². The van der Waals surface area contributed by atoms with Crippen LogP contribution in [0, 0.1) is 31.0 Å². The standard InChI is InChI=1S/C17H14FN5O2/c1-9-3-4-12(18)5-14(9)22-15(24)6-13-10(2)21-16-11(7-19)8-20-23(16)17(13)25/h3-5,8,20H,6H2,1-2H3,(H,22,24). The third kappa shape index (κ3) is 2.99. The number of nitrogens with one attached hydrogen (secondary N) is 2. The third-order valence-electron chi connectivity index (χ3n) is 3.89. The number of anilines is 1. The fourth-order valence-corrected chi connectivity index (χ4v) is 2.53. The number of aromatic nitrogens is 3. The van der Waals surface area contributed by atoms with E-state index in [-0.39, 0.29) is 23.2 Å². The van der Waals surface area contributed by atoms with E-state index in [9.17, 15) is 14.0 Å². The number of rotatable bonds is 3. The highest BCUT2D eigenvalue weighted by molar-refractivity contribution is 5.93. The van der Waals surface area contributed by atoms with Crippen LogP contribution in [0.25, 0.3) is 5.65 Å². The van der Waals surface area contributed by atoms with E-state index in [0.29, 0.717) is 16.9 Å². The molecule has 7 nitrogen and oxygen atoms in total. The maximum Gasteiger partial charge on any atom is 0.276 e. The van der Waals surface area contributed by atoms with Gasteiger partial charge in [0, 0.05) is 23.1 Å². The van der Waals surface area contributed by atoms with Crippen LogP contribution in [0.4, 0.5) is 10.1 Å². The normalized spacial score (nSPS) is 10.6. The van der Waals surface area contributed by atoms with Gasteiger partial charge in [-0.2, -0.15) is 5.26 Å². The molecule has 0 unspecified atom stereocenters. The molecule has 0 aliphatic carbocycles. The Morgan fingerprint density at radius 1 is 1.44 bits per heavy atom. The number of fused-ring (bicyclic) bond motifs is 1. The summed E-state index contributed by atoms with van der Waals surface area (Å²) >= 11 is 0. The van der Waals surface area contributed by atoms with Crippen LogP contribution in [0.3, 0.4) is 0 Å². The van der Waals surface area contributed by atoms with Crippen LogP contribution >= 0.6 is 0 Å². The van der Waals surface area contributed by atoms with Gasteiger partial charge in [0.25, 0.3) is 5.56 Å². The summed E-state index contributed by atoms with van der Waals surface area (Å²) in [5.41, 5.74) is 1.64. The van der Waals surface area contributed by atoms with Gasteiger partial charge in [-0.1, -0.05) is 6.07 Å². The lowest BCUT2D eigenvalue weighted by Gasteiger charge is -2.09. The van der Waals surface area contributed by atoms with Gasteiger partial charge in [0.15, 0.2) is 5.65 Å². The Labute approximate surface area is 141 Å². The number of nitriles is 1. The highest BCUT2D eigenvalue weighted by Crippen LogP contribution is 2.16. The minimum atomic E-state index is -0.462. The first-order valence-corrected chi connectivity index (χ1v) is 7.46. The van der Waals surface area contributed by atoms with Gasteiger partial charge in [-0.05, 0) is 31.5 Å². The first kappa shape index (κ1) is 16.4. The van der Waals surface area contributed by atoms with Crippen molar-refractivity contribution < 1.29 is 9.18 Å². The predicted molar refractivity (Wildman–Crippen MR) is 88.7 cm³/mol. The molecule has 0 aliphatic heterocycles. The fraction of sp³-hybridized carbons (Fsp3) is 0.176. The second kappa shape index (κ2) is 6.20. The minimum absolute atomic E-state index is 0.204. The first-order chi connectivity index (χ1) is 11.9. The van der Waals surface area contributed by atoms with E-state index in [1.165, 1.54) is 18.3 Å². The van der Waals surface area contributed by atoms with E-state index in [0.717, 1.165) is 4.52 Å². The average Bonchev–Trinajstić information content (AvgIpc) is 2.97. The Bertz CT molecular complexity index is 1090. The van der Waals surface area contributed by atoms with Gasteiger partial charge in [-0.25, -0.2) is 13.9 Å². The number of hydrogen-bond acceptors (Lipinski definition) is 4. The van der Waals surface area contributed by atoms with Crippen molar-refractivity contribution in [2.45, 2.75) is 20.3 Å². The molecule has 1 aromatic carbocycles. The van der Waals surface area contributed by atoms with Crippen LogP contribution in [-0.4, -0.2) is 20.5 Å². The van der Waals surface area contributed by atoms with Gasteiger partial charge in [0.05, 0.1) is 6.42 Å². The summed E-state index contributed by atoms with van der Waals surface area (Å²) in [6.45, 7) is 3.34. The molecule has 0 saturated heterocycles. The Hall–Kier alpha value is -3.47. The summed E-state index contributed by atoms with van der Waals surface area (Å²) in [7, 11) is 0. The Morgan fingerprint density at radius 3 is 2.92 bits per heavy atom. The number of amides is 1. The molecule has 0 fully saturated rings. The van der Waals surface area contributed by atoms with Gasteiger partial charge < -0.3 is 5.32 Å². The van der Waals surface area contributed by atoms with Crippen molar-refractivity contribution in [1.82, 2.24) is 14.6 Å². The van der Waals surface area contributed by atoms with E-state index in [2.05, 4.69) is 15.4 Å². The molecule has 25 heavy (non-hydrogen) atoms. The predicted octanol–water partition coefficient (Wildman–Crippen LogP) is 1.83. The summed E-state index contributed by atoms with van der Waals surface area (Å²) in [6.07, 6.45) is 1.17. The van der Waals surface area contributed by atoms with Crippen molar-refractivity contribution in [3.05, 3.63) is 63.0 Å². The molecule has 0 bridgehead atoms. The lowest BCUT2D eigenvalue weighted by Crippen LogP contribution is -2.26. The topological polar surface area (TPSA) is 103 Å². The number of carbonyl (C=O) groups excluding carboxylic acids is 1. The van der Waals surface area contributed by atoms with Crippen LogP contribution in [0.2, 0.25) is 0 Å². The summed E-state index contributed by atoms with van der Waals surface area (Å²) in [4.78, 5) is 29.0. The van der Waals surface area contributed by atoms with Crippen molar-refractivity contribution in [3.8, 4) is 6.07 Å². The molecular weight excluding hydrogens is 325 g/mol. The summed E-state index contributed by atoms with van der Waals surface area (Å²) in [6, 6.07) is 6.02. The number of nitrogens with zero attached hydrogens (tertiary/aromatic N) is 3. The Balaban J connectivity index is 1.93. The number of hydrogen-bond donors (Lipinski definition) is 2. The SMILES string of the molecule is Cc1ccc(F)cc1NC(=O)Cc1c(C)nc2c(C#N)c[nH]n2c1=O. The summed E-state index contributed by atoms with van der Waals surface area (Å²) in [5, 5.41) is 14.3. The molecule has 0 atom stereocenters. The van der Waals surface area contributed by atoms with E-state index < -0.39 is 17.3 Å². The van der Waals surface area contributed by atoms with Crippen molar-refractivity contribution in [2.75, 3.05) is 5.32 Å². The van der Waals surface area contributed by atoms with Crippen molar-refractivity contribution in [1.29, 1.82) is 5.26 Å². The van der Waals surface area contributed by atoms with Crippen LogP contribution in [0.15, 0.2) is 29.2 Å². The van der Waals surface area contributed by atoms with Crippen molar-refractivity contribution in [2.24, 2.45) is 0 Å². The second-order valence-electron chi connectivity index (χ2n) is 5.62. The quantitative estimate of drug-likeness (QED) is 0.760. The molecule has 0 radical (unpaired) electrons. The number of H-pyrrole nitrogens is 1. The highest BCUT2D eigenvalue weighted by atomic mass is 19.1. The number of halogens is 1. The third-order valence-corrected chi connectivity index (χ3v) is 3.89. The highest BCUT2D eigenvalue weighted by Gasteiger charge is 2.17.